The number of nitrogens with one attached hydrogen (secondary N) is 2. The number of carbonyl (C=O) groups excluding carboxylic acids is 1. The van der Waals surface area contributed by atoms with Gasteiger partial charge >= 0.3 is 6.03 Å². The molecule has 0 saturated heterocycles. The maximum Gasteiger partial charge on any atom is 0.320 e. The second kappa shape index (κ2) is 7.29. The fourth-order valence-corrected chi connectivity index (χ4v) is 2.17. The molecule has 0 aliphatic rings. The molecular formula is C15H19ClN4O2. The van der Waals surface area contributed by atoms with E-state index in [1.54, 1.807) is 23.7 Å². The summed E-state index contributed by atoms with van der Waals surface area (Å²) >= 11 is 6.16. The number of aryl methyl sites for hydroxylation is 1. The highest BCUT2D eigenvalue weighted by Gasteiger charge is 2.11. The lowest BCUT2D eigenvalue weighted by Crippen LogP contribution is -2.31. The van der Waals surface area contributed by atoms with Gasteiger partial charge in [-0.05, 0) is 32.4 Å². The zero-order chi connectivity index (χ0) is 16.1. The summed E-state index contributed by atoms with van der Waals surface area (Å²) in [5.74, 6) is 0.437. The molecule has 0 radical (unpaired) electrons. The van der Waals surface area contributed by atoms with Gasteiger partial charge in [0.2, 0.25) is 0 Å². The normalized spacial score (nSPS) is 12.0. The van der Waals surface area contributed by atoms with Gasteiger partial charge in [0.1, 0.15) is 0 Å². The largest absolute Gasteiger partial charge is 0.393 e. The van der Waals surface area contributed by atoms with Gasteiger partial charge in [-0.3, -0.25) is 5.32 Å². The molecule has 2 rings (SSSR count). The summed E-state index contributed by atoms with van der Waals surface area (Å²) in [5, 5.41) is 19.4. The third-order valence-corrected chi connectivity index (χ3v) is 3.38. The van der Waals surface area contributed by atoms with Crippen LogP contribution in [0.3, 0.4) is 0 Å². The number of carbonyl (C=O) groups is 1. The number of aliphatic hydroxyl groups is 1. The van der Waals surface area contributed by atoms with E-state index in [1.807, 2.05) is 25.1 Å². The number of aromatic nitrogens is 2. The molecule has 0 bridgehead atoms. The Labute approximate surface area is 134 Å². The molecule has 1 unspecified atom stereocenters. The number of halogens is 1. The van der Waals surface area contributed by atoms with Crippen molar-refractivity contribution in [2.24, 2.45) is 0 Å². The summed E-state index contributed by atoms with van der Waals surface area (Å²) in [4.78, 5) is 11.7. The summed E-state index contributed by atoms with van der Waals surface area (Å²) in [6, 6.07) is 8.77. The van der Waals surface area contributed by atoms with Crippen LogP contribution in [0.4, 0.5) is 10.6 Å². The fourth-order valence-electron chi connectivity index (χ4n) is 1.96. The smallest absolute Gasteiger partial charge is 0.320 e. The van der Waals surface area contributed by atoms with Gasteiger partial charge in [-0.1, -0.05) is 23.7 Å². The number of anilines is 1. The average molecular weight is 323 g/mol. The summed E-state index contributed by atoms with van der Waals surface area (Å²) in [6.45, 7) is 3.95. The Morgan fingerprint density at radius 3 is 2.86 bits per heavy atom. The Morgan fingerprint density at radius 1 is 1.45 bits per heavy atom. The molecule has 0 aliphatic heterocycles. The van der Waals surface area contributed by atoms with E-state index in [2.05, 4.69) is 15.7 Å². The van der Waals surface area contributed by atoms with E-state index in [1.165, 1.54) is 0 Å². The van der Waals surface area contributed by atoms with E-state index in [4.69, 9.17) is 16.7 Å². The maximum atomic E-state index is 11.7. The Hall–Kier alpha value is -2.05. The van der Waals surface area contributed by atoms with Crippen LogP contribution in [-0.2, 0) is 0 Å². The Morgan fingerprint density at radius 2 is 2.18 bits per heavy atom. The Balaban J connectivity index is 2.04. The second-order valence-electron chi connectivity index (χ2n) is 5.05. The second-order valence-corrected chi connectivity index (χ2v) is 5.46. The van der Waals surface area contributed by atoms with Crippen LogP contribution in [0.2, 0.25) is 5.02 Å². The van der Waals surface area contributed by atoms with Crippen molar-refractivity contribution in [3.05, 3.63) is 41.0 Å². The zero-order valence-corrected chi connectivity index (χ0v) is 13.3. The van der Waals surface area contributed by atoms with Crippen molar-refractivity contribution in [1.29, 1.82) is 0 Å². The highest BCUT2D eigenvalue weighted by molar-refractivity contribution is 6.32. The minimum atomic E-state index is -0.443. The van der Waals surface area contributed by atoms with Crippen molar-refractivity contribution in [1.82, 2.24) is 15.1 Å². The van der Waals surface area contributed by atoms with Crippen molar-refractivity contribution >= 4 is 23.4 Å². The molecule has 0 aliphatic carbocycles. The summed E-state index contributed by atoms with van der Waals surface area (Å²) in [7, 11) is 0. The van der Waals surface area contributed by atoms with Crippen LogP contribution in [0, 0.1) is 6.92 Å². The highest BCUT2D eigenvalue weighted by Crippen LogP contribution is 2.22. The molecule has 1 aromatic carbocycles. The third-order valence-electron chi connectivity index (χ3n) is 3.06. The summed E-state index contributed by atoms with van der Waals surface area (Å²) < 4.78 is 1.67. The standard InChI is InChI=1S/C15H19ClN4O2/c1-10-9-14(18-15(22)17-8-7-11(2)21)19-20(10)13-6-4-3-5-12(13)16/h3-6,9,11,21H,7-8H2,1-2H3,(H2,17,18,19,22). The van der Waals surface area contributed by atoms with E-state index >= 15 is 0 Å². The van der Waals surface area contributed by atoms with E-state index in [0.29, 0.717) is 23.8 Å². The Kier molecular flexibility index (Phi) is 5.41. The van der Waals surface area contributed by atoms with Crippen LogP contribution in [0.25, 0.3) is 5.69 Å². The van der Waals surface area contributed by atoms with Crippen molar-refractivity contribution in [3.8, 4) is 5.69 Å². The molecule has 3 N–H and O–H groups in total. The number of hydrogen-bond acceptors (Lipinski definition) is 3. The first kappa shape index (κ1) is 16.3. The van der Waals surface area contributed by atoms with Gasteiger partial charge in [-0.25, -0.2) is 9.48 Å². The summed E-state index contributed by atoms with van der Waals surface area (Å²) in [5.41, 5.74) is 1.61. The molecule has 1 heterocycles. The maximum absolute atomic E-state index is 11.7. The number of nitrogens with zero attached hydrogens (tertiary/aromatic N) is 2. The zero-order valence-electron chi connectivity index (χ0n) is 12.5. The van der Waals surface area contributed by atoms with Crippen molar-refractivity contribution < 1.29 is 9.90 Å². The van der Waals surface area contributed by atoms with E-state index < -0.39 is 6.10 Å². The van der Waals surface area contributed by atoms with Gasteiger partial charge in [0, 0.05) is 18.3 Å². The molecule has 118 valence electrons. The first-order valence-electron chi connectivity index (χ1n) is 7.02. The molecule has 7 heteroatoms. The number of amides is 2. The van der Waals surface area contributed by atoms with Gasteiger partial charge < -0.3 is 10.4 Å². The van der Waals surface area contributed by atoms with Gasteiger partial charge in [0.25, 0.3) is 0 Å². The van der Waals surface area contributed by atoms with Crippen molar-refractivity contribution in [2.45, 2.75) is 26.4 Å². The number of hydrogen-bond donors (Lipinski definition) is 3. The van der Waals surface area contributed by atoms with E-state index in [9.17, 15) is 4.79 Å². The predicted octanol–water partition coefficient (Wildman–Crippen LogP) is 2.73. The molecule has 1 atom stereocenters. The quantitative estimate of drug-likeness (QED) is 0.792. The van der Waals surface area contributed by atoms with Crippen LogP contribution >= 0.6 is 11.6 Å². The lowest BCUT2D eigenvalue weighted by atomic mass is 10.3. The predicted molar refractivity (Wildman–Crippen MR) is 86.6 cm³/mol. The molecule has 1 aromatic heterocycles. The first-order chi connectivity index (χ1) is 10.5. The lowest BCUT2D eigenvalue weighted by molar-refractivity contribution is 0.184. The number of rotatable bonds is 5. The minimum Gasteiger partial charge on any atom is -0.393 e. The Bertz CT molecular complexity index is 655. The SMILES string of the molecule is Cc1cc(NC(=O)NCCC(C)O)nn1-c1ccccc1Cl. The van der Waals surface area contributed by atoms with Crippen LogP contribution in [-0.4, -0.2) is 33.6 Å². The van der Waals surface area contributed by atoms with Crippen LogP contribution in [0.5, 0.6) is 0 Å². The minimum absolute atomic E-state index is 0.357. The number of benzene rings is 1. The number of aliphatic hydroxyl groups excluding tert-OH is 1. The molecule has 0 saturated carbocycles. The average Bonchev–Trinajstić information content (AvgIpc) is 2.79. The lowest BCUT2D eigenvalue weighted by Gasteiger charge is -2.07. The molecule has 0 spiro atoms. The molecule has 6 nitrogen and oxygen atoms in total. The molecular weight excluding hydrogens is 304 g/mol. The highest BCUT2D eigenvalue weighted by atomic mass is 35.5. The third kappa shape index (κ3) is 4.22. The van der Waals surface area contributed by atoms with E-state index in [0.717, 1.165) is 11.4 Å². The molecule has 2 amide bonds. The van der Waals surface area contributed by atoms with E-state index in [-0.39, 0.29) is 6.03 Å². The summed E-state index contributed by atoms with van der Waals surface area (Å²) in [6.07, 6.45) is 0.0579. The van der Waals surface area contributed by atoms with Crippen LogP contribution in [0.1, 0.15) is 19.0 Å². The molecule has 2 aromatic rings. The van der Waals surface area contributed by atoms with Crippen LogP contribution in [0.15, 0.2) is 30.3 Å². The van der Waals surface area contributed by atoms with Gasteiger partial charge in [-0.2, -0.15) is 0 Å². The van der Waals surface area contributed by atoms with Crippen LogP contribution < -0.4 is 10.6 Å². The number of urea groups is 1. The first-order valence-corrected chi connectivity index (χ1v) is 7.39. The fraction of sp³-hybridized carbons (Fsp3) is 0.333. The monoisotopic (exact) mass is 322 g/mol. The molecule has 0 fully saturated rings. The van der Waals surface area contributed by atoms with Gasteiger partial charge in [0.15, 0.2) is 5.82 Å². The van der Waals surface area contributed by atoms with Gasteiger partial charge in [0.05, 0.1) is 16.8 Å². The van der Waals surface area contributed by atoms with Crippen molar-refractivity contribution in [3.63, 3.8) is 0 Å². The molecule has 22 heavy (non-hydrogen) atoms. The van der Waals surface area contributed by atoms with Gasteiger partial charge in [-0.15, -0.1) is 5.10 Å². The number of para-hydroxylation sites is 1. The topological polar surface area (TPSA) is 79.2 Å². The van der Waals surface area contributed by atoms with Crippen molar-refractivity contribution in [2.75, 3.05) is 11.9 Å².